The van der Waals surface area contributed by atoms with Gasteiger partial charge in [-0.15, -0.1) is 0 Å². The van der Waals surface area contributed by atoms with E-state index in [0.29, 0.717) is 19.3 Å². The highest BCUT2D eigenvalue weighted by atomic mass is 16.6. The Morgan fingerprint density at radius 2 is 0.480 bits per heavy atom. The number of esters is 3. The van der Waals surface area contributed by atoms with Crippen molar-refractivity contribution in [3.05, 3.63) is 36.5 Å². The van der Waals surface area contributed by atoms with E-state index in [-0.39, 0.29) is 31.1 Å². The van der Waals surface area contributed by atoms with E-state index in [1.165, 1.54) is 263 Å². The SMILES string of the molecule is CCCCC/C=C\C/C=C\CCCCCCCCCCCC(=O)OC(COC(=O)CCCCCCCCC/C=C\CCCCCCCCC)COC(=O)CCCCCCCCCCCCCCCCCCCCCC. The molecule has 0 aromatic carbocycles. The Morgan fingerprint density at radius 1 is 0.267 bits per heavy atom. The first-order chi connectivity index (χ1) is 37.0. The molecule has 75 heavy (non-hydrogen) atoms. The van der Waals surface area contributed by atoms with Gasteiger partial charge in [-0.05, 0) is 77.0 Å². The van der Waals surface area contributed by atoms with Crippen LogP contribution >= 0.6 is 0 Å². The van der Waals surface area contributed by atoms with Crippen LogP contribution in [0, 0.1) is 0 Å². The molecule has 0 aliphatic carbocycles. The fourth-order valence-corrected chi connectivity index (χ4v) is 10.1. The zero-order chi connectivity index (χ0) is 54.3. The van der Waals surface area contributed by atoms with Crippen LogP contribution in [0.4, 0.5) is 0 Å². The molecule has 6 nitrogen and oxygen atoms in total. The van der Waals surface area contributed by atoms with E-state index in [9.17, 15) is 14.4 Å². The molecule has 0 saturated heterocycles. The molecule has 0 spiro atoms. The van der Waals surface area contributed by atoms with Crippen molar-refractivity contribution in [3.8, 4) is 0 Å². The maximum atomic E-state index is 12.9. The van der Waals surface area contributed by atoms with Gasteiger partial charge in [-0.3, -0.25) is 14.4 Å². The quantitative estimate of drug-likeness (QED) is 0.0261. The molecule has 0 aromatic rings. The number of hydrogen-bond donors (Lipinski definition) is 0. The van der Waals surface area contributed by atoms with Gasteiger partial charge in [0, 0.05) is 19.3 Å². The van der Waals surface area contributed by atoms with E-state index in [0.717, 1.165) is 64.2 Å². The van der Waals surface area contributed by atoms with Crippen LogP contribution in [-0.4, -0.2) is 37.2 Å². The van der Waals surface area contributed by atoms with Crippen LogP contribution in [0.3, 0.4) is 0 Å². The molecule has 0 aromatic heterocycles. The van der Waals surface area contributed by atoms with Crippen molar-refractivity contribution >= 4 is 17.9 Å². The van der Waals surface area contributed by atoms with E-state index in [2.05, 4.69) is 57.2 Å². The van der Waals surface area contributed by atoms with Gasteiger partial charge in [-0.1, -0.05) is 308 Å². The van der Waals surface area contributed by atoms with E-state index in [1.54, 1.807) is 0 Å². The highest BCUT2D eigenvalue weighted by Gasteiger charge is 2.19. The Hall–Kier alpha value is -2.37. The minimum absolute atomic E-state index is 0.0706. The summed E-state index contributed by atoms with van der Waals surface area (Å²) in [5.74, 6) is -0.852. The number of unbranched alkanes of at least 4 members (excludes halogenated alkanes) is 45. The Bertz CT molecular complexity index is 1250. The fraction of sp³-hybridized carbons (Fsp3) is 0.870. The molecule has 0 radical (unpaired) electrons. The monoisotopic (exact) mass is 1050 g/mol. The van der Waals surface area contributed by atoms with Gasteiger partial charge in [0.1, 0.15) is 13.2 Å². The lowest BCUT2D eigenvalue weighted by Gasteiger charge is -2.18. The minimum Gasteiger partial charge on any atom is -0.462 e. The summed E-state index contributed by atoms with van der Waals surface area (Å²) in [6.07, 6.45) is 78.6. The first-order valence-corrected chi connectivity index (χ1v) is 33.5. The van der Waals surface area contributed by atoms with Crippen molar-refractivity contribution < 1.29 is 28.6 Å². The standard InChI is InChI=1S/C69H128O6/c1-4-7-10-13-16-19-22-25-28-31-34-36-38-41-44-47-50-53-56-59-62-68(71)74-65-66(64-73-67(70)61-58-55-52-49-46-43-40-37-33-30-27-24-21-18-15-12-9-6-3)75-69(72)63-60-57-54-51-48-45-42-39-35-32-29-26-23-20-17-14-11-8-5-2/h17,20,26,29-30,33,66H,4-16,18-19,21-25,27-28,31-32,34-65H2,1-3H3/b20-17-,29-26-,33-30-. The average molecular weight is 1050 g/mol. The molecule has 1 atom stereocenters. The lowest BCUT2D eigenvalue weighted by Crippen LogP contribution is -2.30. The van der Waals surface area contributed by atoms with Gasteiger partial charge in [-0.2, -0.15) is 0 Å². The maximum Gasteiger partial charge on any atom is 0.306 e. The summed E-state index contributed by atoms with van der Waals surface area (Å²) in [6.45, 7) is 6.68. The van der Waals surface area contributed by atoms with Crippen molar-refractivity contribution in [1.82, 2.24) is 0 Å². The highest BCUT2D eigenvalue weighted by Crippen LogP contribution is 2.18. The molecule has 0 aliphatic heterocycles. The molecule has 6 heteroatoms. The zero-order valence-electron chi connectivity index (χ0n) is 50.6. The summed E-state index contributed by atoms with van der Waals surface area (Å²) in [7, 11) is 0. The number of carbonyl (C=O) groups is 3. The molecule has 1 unspecified atom stereocenters. The van der Waals surface area contributed by atoms with Crippen molar-refractivity contribution in [3.63, 3.8) is 0 Å². The number of rotatable bonds is 62. The van der Waals surface area contributed by atoms with Crippen molar-refractivity contribution in [2.45, 2.75) is 374 Å². The van der Waals surface area contributed by atoms with Gasteiger partial charge in [0.25, 0.3) is 0 Å². The molecule has 0 amide bonds. The van der Waals surface area contributed by atoms with Gasteiger partial charge in [0.15, 0.2) is 6.10 Å². The Balaban J connectivity index is 4.33. The Labute approximate surface area is 467 Å². The van der Waals surface area contributed by atoms with Crippen LogP contribution in [0.25, 0.3) is 0 Å². The van der Waals surface area contributed by atoms with Gasteiger partial charge < -0.3 is 14.2 Å². The fourth-order valence-electron chi connectivity index (χ4n) is 10.1. The molecular weight excluding hydrogens is 925 g/mol. The number of allylic oxidation sites excluding steroid dienone is 6. The van der Waals surface area contributed by atoms with E-state index < -0.39 is 6.10 Å². The molecule has 0 bridgehead atoms. The van der Waals surface area contributed by atoms with Crippen LogP contribution in [-0.2, 0) is 28.6 Å². The largest absolute Gasteiger partial charge is 0.462 e. The third-order valence-corrected chi connectivity index (χ3v) is 15.1. The second kappa shape index (κ2) is 64.2. The van der Waals surface area contributed by atoms with E-state index in [1.807, 2.05) is 0 Å². The second-order valence-electron chi connectivity index (χ2n) is 22.7. The lowest BCUT2D eigenvalue weighted by atomic mass is 10.0. The van der Waals surface area contributed by atoms with Gasteiger partial charge in [0.2, 0.25) is 0 Å². The molecule has 0 N–H and O–H groups in total. The molecule has 0 fully saturated rings. The first-order valence-electron chi connectivity index (χ1n) is 33.5. The third-order valence-electron chi connectivity index (χ3n) is 15.1. The van der Waals surface area contributed by atoms with Crippen LogP contribution < -0.4 is 0 Å². The molecule has 0 saturated carbocycles. The van der Waals surface area contributed by atoms with Crippen LogP contribution in [0.15, 0.2) is 36.5 Å². The normalized spacial score (nSPS) is 12.2. The van der Waals surface area contributed by atoms with Crippen molar-refractivity contribution in [2.75, 3.05) is 13.2 Å². The van der Waals surface area contributed by atoms with Crippen LogP contribution in [0.5, 0.6) is 0 Å². The summed E-state index contributed by atoms with van der Waals surface area (Å²) in [5.41, 5.74) is 0. The zero-order valence-corrected chi connectivity index (χ0v) is 50.6. The second-order valence-corrected chi connectivity index (χ2v) is 22.7. The van der Waals surface area contributed by atoms with Gasteiger partial charge in [0.05, 0.1) is 0 Å². The smallest absolute Gasteiger partial charge is 0.306 e. The number of carbonyl (C=O) groups excluding carboxylic acids is 3. The maximum absolute atomic E-state index is 12.9. The van der Waals surface area contributed by atoms with E-state index >= 15 is 0 Å². The topological polar surface area (TPSA) is 78.9 Å². The number of hydrogen-bond acceptors (Lipinski definition) is 6. The predicted molar refractivity (Wildman–Crippen MR) is 326 cm³/mol. The van der Waals surface area contributed by atoms with Crippen molar-refractivity contribution in [1.29, 1.82) is 0 Å². The summed E-state index contributed by atoms with van der Waals surface area (Å²) in [6, 6.07) is 0. The van der Waals surface area contributed by atoms with Gasteiger partial charge in [-0.25, -0.2) is 0 Å². The summed E-state index contributed by atoms with van der Waals surface area (Å²) in [5, 5.41) is 0. The van der Waals surface area contributed by atoms with E-state index in [4.69, 9.17) is 14.2 Å². The van der Waals surface area contributed by atoms with Gasteiger partial charge >= 0.3 is 17.9 Å². The average Bonchev–Trinajstić information content (AvgIpc) is 3.41. The molecule has 440 valence electrons. The van der Waals surface area contributed by atoms with Crippen molar-refractivity contribution in [2.24, 2.45) is 0 Å². The molecule has 0 heterocycles. The summed E-state index contributed by atoms with van der Waals surface area (Å²) < 4.78 is 17.0. The number of ether oxygens (including phenoxy) is 3. The predicted octanol–water partition coefficient (Wildman–Crippen LogP) is 22.8. The van der Waals surface area contributed by atoms with Crippen LogP contribution in [0.1, 0.15) is 367 Å². The Morgan fingerprint density at radius 3 is 0.773 bits per heavy atom. The molecule has 0 aliphatic rings. The Kier molecular flexibility index (Phi) is 62.1. The lowest BCUT2D eigenvalue weighted by molar-refractivity contribution is -0.167. The van der Waals surface area contributed by atoms with Crippen LogP contribution in [0.2, 0.25) is 0 Å². The third kappa shape index (κ3) is 62.4. The molecular formula is C69H128O6. The summed E-state index contributed by atoms with van der Waals surface area (Å²) in [4.78, 5) is 38.4. The minimum atomic E-state index is -0.775. The highest BCUT2D eigenvalue weighted by molar-refractivity contribution is 5.71. The molecule has 0 rings (SSSR count). The first kappa shape index (κ1) is 72.6. The summed E-state index contributed by atoms with van der Waals surface area (Å²) >= 11 is 0.